The first-order valence-electron chi connectivity index (χ1n) is 5.88. The lowest BCUT2D eigenvalue weighted by Gasteiger charge is -2.19. The van der Waals surface area contributed by atoms with Crippen molar-refractivity contribution in [3.05, 3.63) is 40.0 Å². The number of carbonyl (C=O) groups excluding carboxylic acids is 1. The molecule has 0 saturated carbocycles. The van der Waals surface area contributed by atoms with Crippen LogP contribution in [0, 0.1) is 0 Å². The van der Waals surface area contributed by atoms with E-state index in [9.17, 15) is 9.59 Å². The molecule has 0 heterocycles. The summed E-state index contributed by atoms with van der Waals surface area (Å²) in [5.41, 5.74) is -0.297. The number of aliphatic carboxylic acids is 1. The van der Waals surface area contributed by atoms with E-state index >= 15 is 0 Å². The van der Waals surface area contributed by atoms with Gasteiger partial charge in [0.25, 0.3) is 0 Å². The van der Waals surface area contributed by atoms with Crippen LogP contribution in [0.4, 0.5) is 4.79 Å². The minimum atomic E-state index is -1.24. The Morgan fingerprint density at radius 2 is 2.00 bits per heavy atom. The van der Waals surface area contributed by atoms with Gasteiger partial charge in [-0.25, -0.2) is 9.59 Å². The molecular weight excluding hydrogens is 326 g/mol. The summed E-state index contributed by atoms with van der Waals surface area (Å²) in [6.07, 6.45) is 0.554. The van der Waals surface area contributed by atoms with Crippen molar-refractivity contribution in [2.45, 2.75) is 26.4 Å². The molecule has 2 N–H and O–H groups in total. The van der Waals surface area contributed by atoms with Gasteiger partial charge in [-0.3, -0.25) is 5.32 Å². The molecule has 1 aromatic carbocycles. The molecule has 108 valence electrons. The number of alkyl carbamates (subject to hydrolysis) is 1. The fraction of sp³-hybridized carbons (Fsp3) is 0.286. The van der Waals surface area contributed by atoms with Crippen molar-refractivity contribution in [1.29, 1.82) is 0 Å². The van der Waals surface area contributed by atoms with Crippen LogP contribution in [-0.4, -0.2) is 22.8 Å². The molecule has 0 saturated heterocycles. The number of ether oxygens (including phenoxy) is 1. The lowest BCUT2D eigenvalue weighted by Crippen LogP contribution is -2.34. The first kappa shape index (κ1) is 16.2. The van der Waals surface area contributed by atoms with E-state index in [4.69, 9.17) is 9.84 Å². The number of hydrogen-bond donors (Lipinski definition) is 2. The van der Waals surface area contributed by atoms with Crippen molar-refractivity contribution in [2.75, 3.05) is 0 Å². The van der Waals surface area contributed by atoms with Gasteiger partial charge in [-0.05, 0) is 44.5 Å². The molecule has 0 atom stereocenters. The maximum absolute atomic E-state index is 11.6. The molecule has 6 heteroatoms. The van der Waals surface area contributed by atoms with Gasteiger partial charge >= 0.3 is 12.1 Å². The summed E-state index contributed by atoms with van der Waals surface area (Å²) in [6.45, 7) is 5.10. The summed E-state index contributed by atoms with van der Waals surface area (Å²) in [5, 5.41) is 11.3. The van der Waals surface area contributed by atoms with Crippen LogP contribution in [-0.2, 0) is 9.53 Å². The fourth-order valence-electron chi connectivity index (χ4n) is 1.33. The van der Waals surface area contributed by atoms with E-state index in [2.05, 4.69) is 21.2 Å². The average Bonchev–Trinajstić information content (AvgIpc) is 2.25. The average molecular weight is 342 g/mol. The van der Waals surface area contributed by atoms with Crippen LogP contribution in [0.1, 0.15) is 26.3 Å². The van der Waals surface area contributed by atoms with Crippen molar-refractivity contribution in [3.8, 4) is 0 Å². The molecule has 20 heavy (non-hydrogen) atoms. The quantitative estimate of drug-likeness (QED) is 0.826. The molecule has 0 radical (unpaired) electrons. The smallest absolute Gasteiger partial charge is 0.412 e. The molecule has 0 unspecified atom stereocenters. The van der Waals surface area contributed by atoms with Crippen LogP contribution >= 0.6 is 15.9 Å². The summed E-state index contributed by atoms with van der Waals surface area (Å²) < 4.78 is 5.83. The monoisotopic (exact) mass is 341 g/mol. The summed E-state index contributed by atoms with van der Waals surface area (Å²) in [7, 11) is 0. The molecule has 5 nitrogen and oxygen atoms in total. The third-order valence-corrected chi connectivity index (χ3v) is 2.52. The summed E-state index contributed by atoms with van der Waals surface area (Å²) in [4.78, 5) is 22.7. The van der Waals surface area contributed by atoms with Crippen molar-refractivity contribution < 1.29 is 19.4 Å². The standard InChI is InChI=1S/C14H16BrNO4/c1-14(2,3)20-13(19)16-11(12(17)18)8-9-5-4-6-10(15)7-9/h4-8H,1-3H3,(H,16,19)(H,17,18). The lowest BCUT2D eigenvalue weighted by molar-refractivity contribution is -0.133. The second kappa shape index (κ2) is 6.56. The van der Waals surface area contributed by atoms with E-state index < -0.39 is 17.7 Å². The van der Waals surface area contributed by atoms with Crippen LogP contribution in [0.15, 0.2) is 34.4 Å². The Bertz CT molecular complexity index is 546. The largest absolute Gasteiger partial charge is 0.477 e. The van der Waals surface area contributed by atoms with E-state index in [1.54, 1.807) is 39.0 Å². The second-order valence-electron chi connectivity index (χ2n) is 5.05. The molecule has 0 aliphatic heterocycles. The van der Waals surface area contributed by atoms with E-state index in [1.165, 1.54) is 6.08 Å². The Labute approximate surface area is 125 Å². The normalized spacial score (nSPS) is 11.9. The minimum Gasteiger partial charge on any atom is -0.477 e. The number of amides is 1. The molecule has 0 bridgehead atoms. The van der Waals surface area contributed by atoms with Crippen molar-refractivity contribution in [3.63, 3.8) is 0 Å². The van der Waals surface area contributed by atoms with Crippen LogP contribution in [0.3, 0.4) is 0 Å². The topological polar surface area (TPSA) is 75.6 Å². The first-order chi connectivity index (χ1) is 9.17. The Hall–Kier alpha value is -1.82. The Morgan fingerprint density at radius 3 is 2.50 bits per heavy atom. The highest BCUT2D eigenvalue weighted by Crippen LogP contribution is 2.14. The first-order valence-corrected chi connectivity index (χ1v) is 6.67. The summed E-state index contributed by atoms with van der Waals surface area (Å²) >= 11 is 3.29. The zero-order chi connectivity index (χ0) is 15.3. The molecular formula is C14H16BrNO4. The van der Waals surface area contributed by atoms with E-state index in [0.29, 0.717) is 5.56 Å². The number of rotatable bonds is 3. The van der Waals surface area contributed by atoms with Crippen LogP contribution in [0.25, 0.3) is 6.08 Å². The second-order valence-corrected chi connectivity index (χ2v) is 5.96. The van der Waals surface area contributed by atoms with Crippen LogP contribution in [0.5, 0.6) is 0 Å². The third-order valence-electron chi connectivity index (χ3n) is 2.03. The van der Waals surface area contributed by atoms with Gasteiger partial charge in [-0.15, -0.1) is 0 Å². The van der Waals surface area contributed by atoms with Gasteiger partial charge in [0, 0.05) is 4.47 Å². The van der Waals surface area contributed by atoms with E-state index in [0.717, 1.165) is 4.47 Å². The van der Waals surface area contributed by atoms with Crippen molar-refractivity contribution in [1.82, 2.24) is 5.32 Å². The third kappa shape index (κ3) is 5.88. The number of carbonyl (C=O) groups is 2. The molecule has 0 fully saturated rings. The van der Waals surface area contributed by atoms with E-state index in [-0.39, 0.29) is 5.70 Å². The Kier molecular flexibility index (Phi) is 5.33. The van der Waals surface area contributed by atoms with Gasteiger partial charge in [0.15, 0.2) is 0 Å². The van der Waals surface area contributed by atoms with Gasteiger partial charge in [-0.1, -0.05) is 28.1 Å². The predicted molar refractivity (Wildman–Crippen MR) is 79.1 cm³/mol. The maximum Gasteiger partial charge on any atom is 0.412 e. The van der Waals surface area contributed by atoms with Crippen LogP contribution < -0.4 is 5.32 Å². The highest BCUT2D eigenvalue weighted by atomic mass is 79.9. The number of hydrogen-bond acceptors (Lipinski definition) is 3. The number of halogens is 1. The van der Waals surface area contributed by atoms with Crippen molar-refractivity contribution in [2.24, 2.45) is 0 Å². The van der Waals surface area contributed by atoms with Gasteiger partial charge < -0.3 is 9.84 Å². The molecule has 0 aromatic heterocycles. The molecule has 1 amide bonds. The van der Waals surface area contributed by atoms with Gasteiger partial charge in [0.2, 0.25) is 0 Å². The molecule has 0 aliphatic rings. The maximum atomic E-state index is 11.6. The Balaban J connectivity index is 2.90. The molecule has 0 aliphatic carbocycles. The predicted octanol–water partition coefficient (Wildman–Crippen LogP) is 3.40. The number of carboxylic acid groups (broad SMARTS) is 1. The van der Waals surface area contributed by atoms with Crippen molar-refractivity contribution >= 4 is 34.1 Å². The van der Waals surface area contributed by atoms with Gasteiger partial charge in [-0.2, -0.15) is 0 Å². The highest BCUT2D eigenvalue weighted by molar-refractivity contribution is 9.10. The van der Waals surface area contributed by atoms with Crippen LogP contribution in [0.2, 0.25) is 0 Å². The highest BCUT2D eigenvalue weighted by Gasteiger charge is 2.19. The lowest BCUT2D eigenvalue weighted by atomic mass is 10.2. The molecule has 1 aromatic rings. The number of benzene rings is 1. The summed E-state index contributed by atoms with van der Waals surface area (Å²) in [5.74, 6) is -1.24. The SMILES string of the molecule is CC(C)(C)OC(=O)NC(=Cc1cccc(Br)c1)C(=O)O. The minimum absolute atomic E-state index is 0.252. The molecule has 0 spiro atoms. The molecule has 1 rings (SSSR count). The number of carboxylic acids is 1. The zero-order valence-electron chi connectivity index (χ0n) is 11.4. The van der Waals surface area contributed by atoms with Gasteiger partial charge in [0.05, 0.1) is 0 Å². The number of nitrogens with one attached hydrogen (secondary N) is 1. The zero-order valence-corrected chi connectivity index (χ0v) is 13.0. The van der Waals surface area contributed by atoms with Gasteiger partial charge in [0.1, 0.15) is 11.3 Å². The summed E-state index contributed by atoms with van der Waals surface area (Å²) in [6, 6.07) is 7.05. The Morgan fingerprint density at radius 1 is 1.35 bits per heavy atom. The fourth-order valence-corrected chi connectivity index (χ4v) is 1.74. The van der Waals surface area contributed by atoms with E-state index in [1.807, 2.05) is 6.07 Å².